The maximum absolute atomic E-state index is 8.52. The summed E-state index contributed by atoms with van der Waals surface area (Å²) >= 11 is 5.92. The Morgan fingerprint density at radius 2 is 2.18 bits per heavy atom. The second kappa shape index (κ2) is 8.31. The molecule has 17 heavy (non-hydrogen) atoms. The number of hydrogen-bond donors (Lipinski definition) is 2. The van der Waals surface area contributed by atoms with E-state index in [-0.39, 0.29) is 6.61 Å². The molecule has 0 saturated carbocycles. The molecular weight excluding hydrogens is 242 g/mol. The van der Waals surface area contributed by atoms with Gasteiger partial charge in [-0.1, -0.05) is 11.6 Å². The van der Waals surface area contributed by atoms with Gasteiger partial charge >= 0.3 is 0 Å². The highest BCUT2D eigenvalue weighted by Crippen LogP contribution is 2.22. The minimum Gasteiger partial charge on any atom is -0.496 e. The standard InChI is InChI=1S/C12H18ClNO3/c1-16-12-3-2-11(13)8-10(12)9-14-4-6-17-7-5-15/h2-3,8,14-15H,4-7,9H2,1H3. The molecule has 2 N–H and O–H groups in total. The van der Waals surface area contributed by atoms with Crippen molar-refractivity contribution >= 4 is 11.6 Å². The van der Waals surface area contributed by atoms with Crippen molar-refractivity contribution in [2.45, 2.75) is 6.54 Å². The van der Waals surface area contributed by atoms with Crippen LogP contribution in [0.4, 0.5) is 0 Å². The monoisotopic (exact) mass is 259 g/mol. The zero-order valence-corrected chi connectivity index (χ0v) is 10.7. The van der Waals surface area contributed by atoms with Crippen molar-refractivity contribution in [1.82, 2.24) is 5.32 Å². The number of halogens is 1. The van der Waals surface area contributed by atoms with Crippen molar-refractivity contribution in [3.63, 3.8) is 0 Å². The molecule has 0 radical (unpaired) electrons. The lowest BCUT2D eigenvalue weighted by Gasteiger charge is -2.10. The van der Waals surface area contributed by atoms with E-state index in [0.717, 1.165) is 17.9 Å². The first-order valence-electron chi connectivity index (χ1n) is 5.49. The Morgan fingerprint density at radius 3 is 2.88 bits per heavy atom. The highest BCUT2D eigenvalue weighted by Gasteiger charge is 2.02. The maximum atomic E-state index is 8.52. The van der Waals surface area contributed by atoms with E-state index < -0.39 is 0 Å². The maximum Gasteiger partial charge on any atom is 0.123 e. The van der Waals surface area contributed by atoms with Gasteiger partial charge in [-0.15, -0.1) is 0 Å². The van der Waals surface area contributed by atoms with Gasteiger partial charge in [0, 0.05) is 23.7 Å². The fourth-order valence-electron chi connectivity index (χ4n) is 1.42. The average Bonchev–Trinajstić information content (AvgIpc) is 2.34. The number of aliphatic hydroxyl groups excluding tert-OH is 1. The first kappa shape index (κ1) is 14.3. The quantitative estimate of drug-likeness (QED) is 0.694. The highest BCUT2D eigenvalue weighted by molar-refractivity contribution is 6.30. The van der Waals surface area contributed by atoms with Gasteiger partial charge < -0.3 is 19.9 Å². The van der Waals surface area contributed by atoms with Gasteiger partial charge in [-0.25, -0.2) is 0 Å². The Hall–Kier alpha value is -0.810. The molecule has 1 aromatic rings. The Balaban J connectivity index is 2.32. The van der Waals surface area contributed by atoms with E-state index in [2.05, 4.69) is 5.32 Å². The SMILES string of the molecule is COc1ccc(Cl)cc1CNCCOCCO. The summed E-state index contributed by atoms with van der Waals surface area (Å²) in [5.74, 6) is 0.818. The Bertz CT molecular complexity index is 334. The number of aliphatic hydroxyl groups is 1. The van der Waals surface area contributed by atoms with E-state index in [1.165, 1.54) is 0 Å². The molecule has 0 aliphatic rings. The molecule has 5 heteroatoms. The molecule has 1 aromatic carbocycles. The van der Waals surface area contributed by atoms with Gasteiger partial charge in [0.1, 0.15) is 5.75 Å². The summed E-state index contributed by atoms with van der Waals surface area (Å²) in [5.41, 5.74) is 1.02. The lowest BCUT2D eigenvalue weighted by molar-refractivity contribution is 0.0938. The fraction of sp³-hybridized carbons (Fsp3) is 0.500. The smallest absolute Gasteiger partial charge is 0.123 e. The van der Waals surface area contributed by atoms with Gasteiger partial charge in [-0.2, -0.15) is 0 Å². The predicted molar refractivity (Wildman–Crippen MR) is 67.6 cm³/mol. The third-order valence-corrected chi connectivity index (χ3v) is 2.45. The topological polar surface area (TPSA) is 50.7 Å². The van der Waals surface area contributed by atoms with Crippen LogP contribution in [0.15, 0.2) is 18.2 Å². The second-order valence-corrected chi connectivity index (χ2v) is 3.91. The molecule has 0 aromatic heterocycles. The van der Waals surface area contributed by atoms with E-state index >= 15 is 0 Å². The minimum atomic E-state index is 0.0577. The molecule has 0 bridgehead atoms. The third kappa shape index (κ3) is 5.37. The summed E-state index contributed by atoms with van der Waals surface area (Å²) in [4.78, 5) is 0. The van der Waals surface area contributed by atoms with Crippen LogP contribution in [-0.4, -0.2) is 38.6 Å². The lowest BCUT2D eigenvalue weighted by Crippen LogP contribution is -2.20. The molecule has 0 spiro atoms. The molecule has 0 saturated heterocycles. The molecular formula is C12H18ClNO3. The normalized spacial score (nSPS) is 10.5. The van der Waals surface area contributed by atoms with Crippen molar-refractivity contribution in [2.75, 3.05) is 33.5 Å². The van der Waals surface area contributed by atoms with Crippen molar-refractivity contribution in [1.29, 1.82) is 0 Å². The van der Waals surface area contributed by atoms with E-state index in [0.29, 0.717) is 24.8 Å². The van der Waals surface area contributed by atoms with Crippen LogP contribution in [-0.2, 0) is 11.3 Å². The van der Waals surface area contributed by atoms with Gasteiger partial charge in [-0.05, 0) is 18.2 Å². The molecule has 0 heterocycles. The average molecular weight is 260 g/mol. The van der Waals surface area contributed by atoms with Crippen LogP contribution in [0, 0.1) is 0 Å². The highest BCUT2D eigenvalue weighted by atomic mass is 35.5. The summed E-state index contributed by atoms with van der Waals surface area (Å²) in [6.45, 7) is 2.40. The van der Waals surface area contributed by atoms with E-state index in [4.69, 9.17) is 26.2 Å². The number of methoxy groups -OCH3 is 1. The molecule has 0 aliphatic carbocycles. The largest absolute Gasteiger partial charge is 0.496 e. The van der Waals surface area contributed by atoms with E-state index in [1.807, 2.05) is 12.1 Å². The summed E-state index contributed by atoms with van der Waals surface area (Å²) in [6, 6.07) is 5.53. The van der Waals surface area contributed by atoms with Crippen LogP contribution in [0.5, 0.6) is 5.75 Å². The molecule has 0 atom stereocenters. The minimum absolute atomic E-state index is 0.0577. The lowest BCUT2D eigenvalue weighted by atomic mass is 10.2. The zero-order valence-electron chi connectivity index (χ0n) is 9.91. The number of hydrogen-bond acceptors (Lipinski definition) is 4. The van der Waals surface area contributed by atoms with Crippen molar-refractivity contribution in [3.05, 3.63) is 28.8 Å². The fourth-order valence-corrected chi connectivity index (χ4v) is 1.61. The summed E-state index contributed by atoms with van der Waals surface area (Å²) in [7, 11) is 1.64. The van der Waals surface area contributed by atoms with Gasteiger partial charge in [-0.3, -0.25) is 0 Å². The first-order valence-corrected chi connectivity index (χ1v) is 5.87. The van der Waals surface area contributed by atoms with Crippen LogP contribution >= 0.6 is 11.6 Å². The molecule has 1 rings (SSSR count). The van der Waals surface area contributed by atoms with Gasteiger partial charge in [0.05, 0.1) is 26.9 Å². The molecule has 96 valence electrons. The van der Waals surface area contributed by atoms with Crippen LogP contribution in [0.2, 0.25) is 5.02 Å². The van der Waals surface area contributed by atoms with Gasteiger partial charge in [0.15, 0.2) is 0 Å². The molecule has 0 unspecified atom stereocenters. The van der Waals surface area contributed by atoms with Crippen LogP contribution in [0.25, 0.3) is 0 Å². The predicted octanol–water partition coefficient (Wildman–Crippen LogP) is 1.45. The summed E-state index contributed by atoms with van der Waals surface area (Å²) in [6.07, 6.45) is 0. The van der Waals surface area contributed by atoms with Gasteiger partial charge in [0.2, 0.25) is 0 Å². The zero-order chi connectivity index (χ0) is 12.5. The molecule has 0 fully saturated rings. The van der Waals surface area contributed by atoms with Crippen LogP contribution in [0.3, 0.4) is 0 Å². The summed E-state index contributed by atoms with van der Waals surface area (Å²) in [5, 5.41) is 12.4. The molecule has 0 aliphatic heterocycles. The third-order valence-electron chi connectivity index (χ3n) is 2.22. The number of ether oxygens (including phenoxy) is 2. The van der Waals surface area contributed by atoms with Crippen molar-refractivity contribution in [2.24, 2.45) is 0 Å². The first-order chi connectivity index (χ1) is 8.27. The Morgan fingerprint density at radius 1 is 1.35 bits per heavy atom. The number of nitrogens with one attached hydrogen (secondary N) is 1. The Kier molecular flexibility index (Phi) is 6.96. The summed E-state index contributed by atoms with van der Waals surface area (Å²) < 4.78 is 10.4. The van der Waals surface area contributed by atoms with Crippen molar-refractivity contribution in [3.8, 4) is 5.75 Å². The molecule has 0 amide bonds. The van der Waals surface area contributed by atoms with Gasteiger partial charge in [0.25, 0.3) is 0 Å². The number of rotatable bonds is 8. The van der Waals surface area contributed by atoms with E-state index in [9.17, 15) is 0 Å². The second-order valence-electron chi connectivity index (χ2n) is 3.47. The Labute approximate surface area is 106 Å². The van der Waals surface area contributed by atoms with Crippen LogP contribution < -0.4 is 10.1 Å². The van der Waals surface area contributed by atoms with Crippen molar-refractivity contribution < 1.29 is 14.6 Å². The van der Waals surface area contributed by atoms with Crippen LogP contribution in [0.1, 0.15) is 5.56 Å². The van der Waals surface area contributed by atoms with E-state index in [1.54, 1.807) is 13.2 Å². The molecule has 4 nitrogen and oxygen atoms in total. The number of benzene rings is 1.